The molecule has 14 heteroatoms. The van der Waals surface area contributed by atoms with E-state index in [0.29, 0.717) is 32.4 Å². The Morgan fingerprint density at radius 1 is 0.857 bits per heavy atom. The molecule has 0 spiro atoms. The van der Waals surface area contributed by atoms with Gasteiger partial charge in [0.25, 0.3) is 0 Å². The number of amides is 3. The second-order valence-corrected chi connectivity index (χ2v) is 8.67. The molecule has 202 valence electrons. The molecule has 0 radical (unpaired) electrons. The van der Waals surface area contributed by atoms with Crippen LogP contribution in [0.15, 0.2) is 4.99 Å². The highest BCUT2D eigenvalue weighted by Crippen LogP contribution is 2.07. The third-order valence-corrected chi connectivity index (χ3v) is 5.02. The SMILES string of the molecule is CC(C)CC(NC(=O)C(CO)NC(=O)C(CCCCN)NC(=O)C(N)CCCN=C(N)N)C(=O)O. The van der Waals surface area contributed by atoms with Crippen LogP contribution >= 0.6 is 0 Å². The number of aliphatic carboxylic acids is 1. The van der Waals surface area contributed by atoms with E-state index < -0.39 is 54.5 Å². The van der Waals surface area contributed by atoms with Gasteiger partial charge in [0, 0.05) is 6.54 Å². The Bertz CT molecular complexity index is 714. The van der Waals surface area contributed by atoms with Gasteiger partial charge < -0.3 is 49.1 Å². The van der Waals surface area contributed by atoms with Gasteiger partial charge in [-0.15, -0.1) is 0 Å². The number of aliphatic imine (C=N–C) groups is 1. The van der Waals surface area contributed by atoms with Crippen molar-refractivity contribution < 1.29 is 29.4 Å². The maximum absolute atomic E-state index is 12.9. The summed E-state index contributed by atoms with van der Waals surface area (Å²) in [6.07, 6.45) is 2.23. The van der Waals surface area contributed by atoms with Crippen LogP contribution in [-0.2, 0) is 19.2 Å². The smallest absolute Gasteiger partial charge is 0.326 e. The van der Waals surface area contributed by atoms with E-state index in [1.807, 2.05) is 0 Å². The molecular formula is C21H42N8O6. The number of carboxylic acids is 1. The number of nitrogens with zero attached hydrogens (tertiary/aromatic N) is 1. The van der Waals surface area contributed by atoms with Crippen molar-refractivity contribution in [3.63, 3.8) is 0 Å². The molecule has 0 bridgehead atoms. The Morgan fingerprint density at radius 2 is 1.43 bits per heavy atom. The number of hydrogen-bond donors (Lipinski definition) is 9. The van der Waals surface area contributed by atoms with Crippen molar-refractivity contribution in [3.05, 3.63) is 0 Å². The molecular weight excluding hydrogens is 460 g/mol. The van der Waals surface area contributed by atoms with Crippen molar-refractivity contribution in [1.29, 1.82) is 0 Å². The lowest BCUT2D eigenvalue weighted by Crippen LogP contribution is -2.58. The zero-order chi connectivity index (χ0) is 27.0. The number of guanidine groups is 1. The molecule has 13 N–H and O–H groups in total. The quantitative estimate of drug-likeness (QED) is 0.0523. The van der Waals surface area contributed by atoms with Crippen LogP contribution < -0.4 is 38.9 Å². The zero-order valence-corrected chi connectivity index (χ0v) is 20.5. The zero-order valence-electron chi connectivity index (χ0n) is 20.5. The predicted molar refractivity (Wildman–Crippen MR) is 131 cm³/mol. The minimum Gasteiger partial charge on any atom is -0.480 e. The van der Waals surface area contributed by atoms with Gasteiger partial charge in [0.05, 0.1) is 12.6 Å². The number of nitrogens with two attached hydrogens (primary N) is 4. The Labute approximate surface area is 205 Å². The number of carbonyl (C=O) groups is 4. The number of aliphatic hydroxyl groups excluding tert-OH is 1. The number of carbonyl (C=O) groups excluding carboxylic acids is 3. The van der Waals surface area contributed by atoms with Crippen LogP contribution in [0, 0.1) is 5.92 Å². The molecule has 0 aliphatic heterocycles. The van der Waals surface area contributed by atoms with Gasteiger partial charge in [0.1, 0.15) is 18.1 Å². The number of aliphatic hydroxyl groups is 1. The van der Waals surface area contributed by atoms with E-state index in [0.717, 1.165) is 0 Å². The molecule has 0 saturated heterocycles. The van der Waals surface area contributed by atoms with Crippen molar-refractivity contribution in [3.8, 4) is 0 Å². The fraction of sp³-hybridized carbons (Fsp3) is 0.762. The van der Waals surface area contributed by atoms with Crippen molar-refractivity contribution in [2.45, 2.75) is 76.5 Å². The molecule has 0 aromatic heterocycles. The standard InChI is InChI=1S/C21H42N8O6/c1-12(2)10-15(20(34)35)28-19(33)16(11-30)29-18(32)14(7-3-4-8-22)27-17(31)13(23)6-5-9-26-21(24)25/h12-16,30H,3-11,22-23H2,1-2H3,(H,27,31)(H,28,33)(H,29,32)(H,34,35)(H4,24,25,26). The topological polar surface area (TPSA) is 261 Å². The molecule has 3 amide bonds. The minimum absolute atomic E-state index is 0.00983. The van der Waals surface area contributed by atoms with Gasteiger partial charge in [-0.25, -0.2) is 4.79 Å². The summed E-state index contributed by atoms with van der Waals surface area (Å²) >= 11 is 0. The van der Waals surface area contributed by atoms with Gasteiger partial charge in [-0.1, -0.05) is 13.8 Å². The molecule has 4 atom stereocenters. The molecule has 0 saturated carbocycles. The number of hydrogen-bond acceptors (Lipinski definition) is 8. The van der Waals surface area contributed by atoms with Crippen LogP contribution in [-0.4, -0.2) is 83.7 Å². The average molecular weight is 503 g/mol. The van der Waals surface area contributed by atoms with Gasteiger partial charge >= 0.3 is 5.97 Å². The third kappa shape index (κ3) is 14.1. The normalized spacial score (nSPS) is 14.3. The summed E-state index contributed by atoms with van der Waals surface area (Å²) in [6, 6.07) is -4.53. The van der Waals surface area contributed by atoms with Crippen molar-refractivity contribution >= 4 is 29.7 Å². The second-order valence-electron chi connectivity index (χ2n) is 8.67. The molecule has 0 heterocycles. The van der Waals surface area contributed by atoms with Gasteiger partial charge in [0.15, 0.2) is 5.96 Å². The first-order valence-corrected chi connectivity index (χ1v) is 11.7. The molecule has 0 rings (SSSR count). The van der Waals surface area contributed by atoms with E-state index in [1.165, 1.54) is 0 Å². The fourth-order valence-electron chi connectivity index (χ4n) is 3.12. The summed E-state index contributed by atoms with van der Waals surface area (Å²) < 4.78 is 0. The molecule has 0 aliphatic rings. The van der Waals surface area contributed by atoms with Crippen LogP contribution in [0.1, 0.15) is 52.4 Å². The maximum atomic E-state index is 12.9. The van der Waals surface area contributed by atoms with E-state index in [1.54, 1.807) is 13.8 Å². The Balaban J connectivity index is 5.18. The highest BCUT2D eigenvalue weighted by molar-refractivity contribution is 5.94. The third-order valence-electron chi connectivity index (χ3n) is 5.02. The molecule has 0 aromatic rings. The molecule has 35 heavy (non-hydrogen) atoms. The minimum atomic E-state index is -1.40. The number of unbranched alkanes of at least 4 members (excludes halogenated alkanes) is 1. The van der Waals surface area contributed by atoms with E-state index >= 15 is 0 Å². The highest BCUT2D eigenvalue weighted by Gasteiger charge is 2.30. The molecule has 0 aliphatic carbocycles. The van der Waals surface area contributed by atoms with Crippen LogP contribution in [0.25, 0.3) is 0 Å². The van der Waals surface area contributed by atoms with Crippen LogP contribution in [0.5, 0.6) is 0 Å². The van der Waals surface area contributed by atoms with Crippen molar-refractivity contribution in [2.24, 2.45) is 33.8 Å². The fourth-order valence-corrected chi connectivity index (χ4v) is 3.12. The number of nitrogens with one attached hydrogen (secondary N) is 3. The summed E-state index contributed by atoms with van der Waals surface area (Å²) in [5.74, 6) is -3.44. The summed E-state index contributed by atoms with van der Waals surface area (Å²) in [5, 5.41) is 26.2. The molecule has 0 fully saturated rings. The first-order chi connectivity index (χ1) is 16.4. The van der Waals surface area contributed by atoms with Crippen molar-refractivity contribution in [2.75, 3.05) is 19.7 Å². The molecule has 4 unspecified atom stereocenters. The summed E-state index contributed by atoms with van der Waals surface area (Å²) in [4.78, 5) is 53.1. The van der Waals surface area contributed by atoms with Crippen LogP contribution in [0.3, 0.4) is 0 Å². The van der Waals surface area contributed by atoms with Gasteiger partial charge in [-0.3, -0.25) is 19.4 Å². The largest absolute Gasteiger partial charge is 0.480 e. The lowest BCUT2D eigenvalue weighted by Gasteiger charge is -2.24. The predicted octanol–water partition coefficient (Wildman–Crippen LogP) is -2.93. The van der Waals surface area contributed by atoms with Gasteiger partial charge in [0.2, 0.25) is 17.7 Å². The number of carboxylic acid groups (broad SMARTS) is 1. The Hall–Kier alpha value is -2.97. The maximum Gasteiger partial charge on any atom is 0.326 e. The lowest BCUT2D eigenvalue weighted by molar-refractivity contribution is -0.143. The average Bonchev–Trinajstić information content (AvgIpc) is 2.78. The Morgan fingerprint density at radius 3 is 1.94 bits per heavy atom. The van der Waals surface area contributed by atoms with E-state index in [9.17, 15) is 29.4 Å². The molecule has 0 aromatic carbocycles. The summed E-state index contributed by atoms with van der Waals surface area (Å²) in [7, 11) is 0. The monoisotopic (exact) mass is 502 g/mol. The van der Waals surface area contributed by atoms with E-state index in [4.69, 9.17) is 22.9 Å². The second kappa shape index (κ2) is 17.5. The van der Waals surface area contributed by atoms with Crippen molar-refractivity contribution in [1.82, 2.24) is 16.0 Å². The first-order valence-electron chi connectivity index (χ1n) is 11.7. The summed E-state index contributed by atoms with van der Waals surface area (Å²) in [5.41, 5.74) is 21.9. The van der Waals surface area contributed by atoms with Gasteiger partial charge in [-0.2, -0.15) is 0 Å². The first kappa shape index (κ1) is 32.0. The molecule has 14 nitrogen and oxygen atoms in total. The van der Waals surface area contributed by atoms with Crippen LogP contribution in [0.4, 0.5) is 0 Å². The lowest BCUT2D eigenvalue weighted by atomic mass is 10.0. The van der Waals surface area contributed by atoms with E-state index in [-0.39, 0.29) is 31.1 Å². The van der Waals surface area contributed by atoms with Crippen LogP contribution in [0.2, 0.25) is 0 Å². The van der Waals surface area contributed by atoms with E-state index in [2.05, 4.69) is 20.9 Å². The number of rotatable bonds is 18. The highest BCUT2D eigenvalue weighted by atomic mass is 16.4. The Kier molecular flexibility index (Phi) is 16.0. The summed E-state index contributed by atoms with van der Waals surface area (Å²) in [6.45, 7) is 3.52. The van der Waals surface area contributed by atoms with Gasteiger partial charge in [-0.05, 0) is 51.0 Å².